The van der Waals surface area contributed by atoms with Crippen LogP contribution in [0.25, 0.3) is 0 Å². The molecule has 9 nitrogen and oxygen atoms in total. The van der Waals surface area contributed by atoms with Crippen LogP contribution in [0.1, 0.15) is 56.0 Å². The number of carbonyl (C=O) groups is 1. The van der Waals surface area contributed by atoms with E-state index in [9.17, 15) is 9.90 Å². The molecule has 3 rings (SSSR count). The lowest BCUT2D eigenvalue weighted by Crippen LogP contribution is -2.32. The highest BCUT2D eigenvalue weighted by molar-refractivity contribution is 7.15. The second-order valence-electron chi connectivity index (χ2n) is 9.48. The fourth-order valence-electron chi connectivity index (χ4n) is 4.04. The third-order valence-corrected chi connectivity index (χ3v) is 6.93. The number of carbonyl (C=O) groups excluding carboxylic acids is 1. The van der Waals surface area contributed by atoms with Crippen LogP contribution >= 0.6 is 11.3 Å². The van der Waals surface area contributed by atoms with Crippen LogP contribution in [-0.4, -0.2) is 33.5 Å². The van der Waals surface area contributed by atoms with Crippen molar-refractivity contribution in [3.05, 3.63) is 87.9 Å². The molecule has 0 radical (unpaired) electrons. The summed E-state index contributed by atoms with van der Waals surface area (Å²) in [6.07, 6.45) is 12.8. The molecule has 2 atom stereocenters. The molecule has 1 heterocycles. The number of benzene rings is 1. The van der Waals surface area contributed by atoms with Crippen molar-refractivity contribution in [3.8, 4) is 0 Å². The molecule has 0 bridgehead atoms. The lowest BCUT2D eigenvalue weighted by atomic mass is 9.93. The number of aryl methyl sites for hydroxylation is 1. The monoisotopic (exact) mass is 537 g/mol. The van der Waals surface area contributed by atoms with Gasteiger partial charge in [-0.25, -0.2) is 0 Å². The van der Waals surface area contributed by atoms with Crippen molar-refractivity contribution < 1.29 is 9.90 Å². The van der Waals surface area contributed by atoms with Gasteiger partial charge in [-0.05, 0) is 62.3 Å². The number of rotatable bonds is 14. The van der Waals surface area contributed by atoms with Crippen molar-refractivity contribution in [3.63, 3.8) is 0 Å². The molecular weight excluding hydrogens is 498 g/mol. The van der Waals surface area contributed by atoms with Crippen molar-refractivity contribution in [2.75, 3.05) is 5.32 Å². The Morgan fingerprint density at radius 3 is 2.74 bits per heavy atom. The topological polar surface area (TPSA) is 165 Å². The van der Waals surface area contributed by atoms with E-state index in [1.165, 1.54) is 11.3 Å². The molecule has 38 heavy (non-hydrogen) atoms. The maximum Gasteiger partial charge on any atom is 0.230 e. The van der Waals surface area contributed by atoms with E-state index in [0.717, 1.165) is 53.8 Å². The van der Waals surface area contributed by atoms with Crippen LogP contribution in [0.3, 0.4) is 0 Å². The minimum absolute atomic E-state index is 0.0120. The second-order valence-corrected chi connectivity index (χ2v) is 10.5. The molecule has 2 unspecified atom stereocenters. The fraction of sp³-hybridized carbons (Fsp3) is 0.393. The van der Waals surface area contributed by atoms with Gasteiger partial charge >= 0.3 is 0 Å². The highest BCUT2D eigenvalue weighted by Gasteiger charge is 2.13. The number of allylic oxidation sites excluding steroid dienone is 4. The van der Waals surface area contributed by atoms with E-state index in [1.807, 2.05) is 37.3 Å². The number of hydrogen-bond acceptors (Lipinski definition) is 9. The third-order valence-electron chi connectivity index (χ3n) is 6.03. The zero-order chi connectivity index (χ0) is 27.3. The van der Waals surface area contributed by atoms with Gasteiger partial charge in [0.25, 0.3) is 0 Å². The van der Waals surface area contributed by atoms with Crippen LogP contribution in [0.4, 0.5) is 5.13 Å². The zero-order valence-electron chi connectivity index (χ0n) is 21.9. The van der Waals surface area contributed by atoms with Crippen LogP contribution in [0, 0.1) is 0 Å². The van der Waals surface area contributed by atoms with Gasteiger partial charge in [-0.15, -0.1) is 10.2 Å². The first-order valence-electron chi connectivity index (χ1n) is 13.0. The number of nitrogens with two attached hydrogens (primary N) is 3. The van der Waals surface area contributed by atoms with Gasteiger partial charge < -0.3 is 32.9 Å². The Hall–Kier alpha value is -3.47. The third kappa shape index (κ3) is 10.5. The van der Waals surface area contributed by atoms with Crippen LogP contribution in [0.2, 0.25) is 0 Å². The first-order valence-corrected chi connectivity index (χ1v) is 13.8. The summed E-state index contributed by atoms with van der Waals surface area (Å²) >= 11 is 1.39. The Kier molecular flexibility index (Phi) is 11.5. The first-order chi connectivity index (χ1) is 18.3. The number of unbranched alkanes of at least 4 members (excludes halogenated alkanes) is 1. The van der Waals surface area contributed by atoms with E-state index in [1.54, 1.807) is 12.2 Å². The van der Waals surface area contributed by atoms with E-state index in [-0.39, 0.29) is 11.9 Å². The van der Waals surface area contributed by atoms with Crippen LogP contribution < -0.4 is 27.8 Å². The average molecular weight is 538 g/mol. The minimum Gasteiger partial charge on any atom is -0.402 e. The van der Waals surface area contributed by atoms with Crippen molar-refractivity contribution in [2.24, 2.45) is 17.2 Å². The summed E-state index contributed by atoms with van der Waals surface area (Å²) in [6.45, 7) is 1.96. The summed E-state index contributed by atoms with van der Waals surface area (Å²) in [7, 11) is 0. The summed E-state index contributed by atoms with van der Waals surface area (Å²) in [6, 6.07) is 9.57. The Balaban J connectivity index is 1.34. The van der Waals surface area contributed by atoms with E-state index in [2.05, 4.69) is 33.0 Å². The van der Waals surface area contributed by atoms with E-state index >= 15 is 0 Å². The summed E-state index contributed by atoms with van der Waals surface area (Å²) in [4.78, 5) is 12.2. The highest BCUT2D eigenvalue weighted by atomic mass is 32.1. The number of aliphatic hydroxyl groups excluding tert-OH is 1. The largest absolute Gasteiger partial charge is 0.402 e. The summed E-state index contributed by atoms with van der Waals surface area (Å²) in [5, 5.41) is 25.7. The number of nitrogens with one attached hydrogen (secondary N) is 2. The Morgan fingerprint density at radius 1 is 1.18 bits per heavy atom. The Labute approximate surface area is 228 Å². The summed E-state index contributed by atoms with van der Waals surface area (Å²) < 4.78 is 0. The van der Waals surface area contributed by atoms with Gasteiger partial charge in [0.05, 0.1) is 12.2 Å². The van der Waals surface area contributed by atoms with Crippen molar-refractivity contribution >= 4 is 22.4 Å². The molecule has 2 aromatic rings. The predicted molar refractivity (Wildman–Crippen MR) is 154 cm³/mol. The van der Waals surface area contributed by atoms with E-state index < -0.39 is 6.23 Å². The van der Waals surface area contributed by atoms with Gasteiger partial charge in [0.15, 0.2) is 0 Å². The van der Waals surface area contributed by atoms with Gasteiger partial charge in [-0.2, -0.15) is 0 Å². The molecule has 0 spiro atoms. The van der Waals surface area contributed by atoms with Gasteiger partial charge in [0.2, 0.25) is 11.0 Å². The normalized spacial score (nSPS) is 15.9. The van der Waals surface area contributed by atoms with Crippen molar-refractivity contribution in [1.82, 2.24) is 15.5 Å². The molecule has 10 heteroatoms. The molecule has 1 aromatic carbocycles. The maximum atomic E-state index is 12.2. The molecule has 1 aliphatic carbocycles. The van der Waals surface area contributed by atoms with E-state index in [0.29, 0.717) is 35.9 Å². The SMILES string of the molecule is CC(N)C1=CCCC(CC(O)N/C(N)=C/C=C(\N)CCCCc2nnc(NC(=O)Cc3ccccc3)s2)=C1. The fourth-order valence-corrected chi connectivity index (χ4v) is 4.84. The van der Waals surface area contributed by atoms with Gasteiger partial charge in [-0.1, -0.05) is 59.4 Å². The minimum atomic E-state index is -0.778. The van der Waals surface area contributed by atoms with Crippen molar-refractivity contribution in [1.29, 1.82) is 0 Å². The van der Waals surface area contributed by atoms with Crippen LogP contribution in [0.15, 0.2) is 77.3 Å². The number of aliphatic hydroxyl groups is 1. The van der Waals surface area contributed by atoms with Crippen LogP contribution in [-0.2, 0) is 17.6 Å². The first kappa shape index (κ1) is 29.1. The molecule has 0 saturated heterocycles. The second kappa shape index (κ2) is 15.1. The zero-order valence-corrected chi connectivity index (χ0v) is 22.7. The lowest BCUT2D eigenvalue weighted by molar-refractivity contribution is -0.115. The molecule has 204 valence electrons. The molecular formula is C28H39N7O2S. The van der Waals surface area contributed by atoms with Crippen molar-refractivity contribution in [2.45, 2.75) is 70.6 Å². The number of hydrogen-bond donors (Lipinski definition) is 6. The standard InChI is InChI=1S/C28H39N7O2S/c1-19(29)22-11-7-10-21(16-22)18-25(36)32-24(31)15-14-23(30)12-5-6-13-27-34-35-28(38-27)33-26(37)17-20-8-3-2-4-9-20/h2-4,8-9,11,14-16,19,25,32,36H,5-7,10,12-13,17-18,29-31H2,1H3,(H,33,35,37)/b23-14-,24-15+. The van der Waals surface area contributed by atoms with Gasteiger partial charge in [0.1, 0.15) is 11.2 Å². The lowest BCUT2D eigenvalue weighted by Gasteiger charge is -2.20. The maximum absolute atomic E-state index is 12.2. The molecule has 0 saturated carbocycles. The Bertz CT molecular complexity index is 1170. The number of amides is 1. The molecule has 1 amide bonds. The molecule has 1 aliphatic rings. The predicted octanol–water partition coefficient (Wildman–Crippen LogP) is 3.37. The van der Waals surface area contributed by atoms with Gasteiger partial charge in [-0.3, -0.25) is 4.79 Å². The van der Waals surface area contributed by atoms with Gasteiger partial charge in [0, 0.05) is 24.6 Å². The molecule has 0 fully saturated rings. The van der Waals surface area contributed by atoms with Crippen LogP contribution in [0.5, 0.6) is 0 Å². The number of aromatic nitrogens is 2. The number of nitrogens with zero attached hydrogens (tertiary/aromatic N) is 2. The smallest absolute Gasteiger partial charge is 0.230 e. The molecule has 1 aromatic heterocycles. The quantitative estimate of drug-likeness (QED) is 0.121. The number of anilines is 1. The van der Waals surface area contributed by atoms with E-state index in [4.69, 9.17) is 17.2 Å². The molecule has 0 aliphatic heterocycles. The summed E-state index contributed by atoms with van der Waals surface area (Å²) in [5.74, 6) is 0.250. The molecule has 9 N–H and O–H groups in total. The Morgan fingerprint density at radius 2 is 1.97 bits per heavy atom. The average Bonchev–Trinajstić information content (AvgIpc) is 3.32. The highest BCUT2D eigenvalue weighted by Crippen LogP contribution is 2.22. The summed E-state index contributed by atoms with van der Waals surface area (Å²) in [5.41, 5.74) is 22.0.